The lowest BCUT2D eigenvalue weighted by Gasteiger charge is -2.22. The number of benzene rings is 1. The molecule has 1 aliphatic carbocycles. The molecular weight excluding hydrogens is 266 g/mol. The SMILES string of the molecule is CC1(C(=O)Nc2ccc(C(=O)O)cc2Cl)CCCC1. The molecule has 1 aromatic rings. The van der Waals surface area contributed by atoms with E-state index >= 15 is 0 Å². The molecule has 1 saturated carbocycles. The Morgan fingerprint density at radius 1 is 1.32 bits per heavy atom. The number of carboxylic acids is 1. The minimum atomic E-state index is -1.04. The Hall–Kier alpha value is -1.55. The van der Waals surface area contributed by atoms with Crippen LogP contribution in [0.3, 0.4) is 0 Å². The molecule has 0 spiro atoms. The minimum absolute atomic E-state index is 0.0463. The molecule has 4 nitrogen and oxygen atoms in total. The van der Waals surface area contributed by atoms with Gasteiger partial charge in [-0.1, -0.05) is 31.4 Å². The number of anilines is 1. The maximum absolute atomic E-state index is 12.2. The number of hydrogen-bond acceptors (Lipinski definition) is 2. The molecule has 0 aliphatic heterocycles. The standard InChI is InChI=1S/C14H16ClNO3/c1-14(6-2-3-7-14)13(19)16-11-5-4-9(12(17)18)8-10(11)15/h4-5,8H,2-3,6-7H2,1H3,(H,16,19)(H,17,18). The summed E-state index contributed by atoms with van der Waals surface area (Å²) >= 11 is 5.99. The van der Waals surface area contributed by atoms with E-state index in [1.165, 1.54) is 18.2 Å². The predicted molar refractivity (Wildman–Crippen MR) is 73.6 cm³/mol. The summed E-state index contributed by atoms with van der Waals surface area (Å²) in [5, 5.41) is 11.9. The monoisotopic (exact) mass is 281 g/mol. The molecule has 0 bridgehead atoms. The van der Waals surface area contributed by atoms with Crippen LogP contribution >= 0.6 is 11.6 Å². The lowest BCUT2D eigenvalue weighted by Crippen LogP contribution is -2.30. The van der Waals surface area contributed by atoms with Crippen LogP contribution in [0.2, 0.25) is 5.02 Å². The number of aromatic carboxylic acids is 1. The first-order valence-corrected chi connectivity index (χ1v) is 6.64. The summed E-state index contributed by atoms with van der Waals surface area (Å²) in [6.07, 6.45) is 3.89. The Morgan fingerprint density at radius 3 is 2.47 bits per heavy atom. The third-order valence-corrected chi connectivity index (χ3v) is 4.03. The Bertz CT molecular complexity index is 521. The van der Waals surface area contributed by atoms with Gasteiger partial charge in [0.05, 0.1) is 16.3 Å². The van der Waals surface area contributed by atoms with Crippen LogP contribution in [0.15, 0.2) is 18.2 Å². The zero-order chi connectivity index (χ0) is 14.0. The molecule has 2 N–H and O–H groups in total. The van der Waals surface area contributed by atoms with Crippen LogP contribution in [0.1, 0.15) is 43.0 Å². The molecule has 2 rings (SSSR count). The number of amides is 1. The van der Waals surface area contributed by atoms with Gasteiger partial charge in [-0.3, -0.25) is 4.79 Å². The molecule has 102 valence electrons. The van der Waals surface area contributed by atoms with Gasteiger partial charge in [-0.15, -0.1) is 0 Å². The largest absolute Gasteiger partial charge is 0.478 e. The molecule has 1 aliphatic rings. The second-order valence-corrected chi connectivity index (χ2v) is 5.63. The molecule has 19 heavy (non-hydrogen) atoms. The summed E-state index contributed by atoms with van der Waals surface area (Å²) in [5.41, 5.74) is 0.231. The van der Waals surface area contributed by atoms with Crippen molar-refractivity contribution in [1.29, 1.82) is 0 Å². The van der Waals surface area contributed by atoms with Crippen LogP contribution in [-0.2, 0) is 4.79 Å². The van der Waals surface area contributed by atoms with Crippen molar-refractivity contribution < 1.29 is 14.7 Å². The maximum Gasteiger partial charge on any atom is 0.335 e. The number of halogens is 1. The first-order chi connectivity index (χ1) is 8.92. The van der Waals surface area contributed by atoms with Crippen molar-refractivity contribution in [3.63, 3.8) is 0 Å². The van der Waals surface area contributed by atoms with E-state index in [9.17, 15) is 9.59 Å². The normalized spacial score (nSPS) is 17.2. The summed E-state index contributed by atoms with van der Waals surface area (Å²) in [4.78, 5) is 23.0. The second-order valence-electron chi connectivity index (χ2n) is 5.22. The van der Waals surface area contributed by atoms with Crippen LogP contribution < -0.4 is 5.32 Å². The van der Waals surface area contributed by atoms with E-state index in [4.69, 9.17) is 16.7 Å². The lowest BCUT2D eigenvalue weighted by atomic mass is 9.88. The molecule has 1 amide bonds. The van der Waals surface area contributed by atoms with Crippen molar-refractivity contribution in [3.05, 3.63) is 28.8 Å². The van der Waals surface area contributed by atoms with E-state index in [2.05, 4.69) is 5.32 Å². The highest BCUT2D eigenvalue weighted by Gasteiger charge is 2.36. The summed E-state index contributed by atoms with van der Waals surface area (Å²) in [6, 6.07) is 4.30. The number of nitrogens with one attached hydrogen (secondary N) is 1. The molecule has 0 heterocycles. The number of carboxylic acid groups (broad SMARTS) is 1. The van der Waals surface area contributed by atoms with Crippen LogP contribution in [0.5, 0.6) is 0 Å². The van der Waals surface area contributed by atoms with E-state index < -0.39 is 5.97 Å². The fourth-order valence-corrected chi connectivity index (χ4v) is 2.63. The molecule has 0 radical (unpaired) electrons. The first-order valence-electron chi connectivity index (χ1n) is 6.27. The third kappa shape index (κ3) is 2.89. The van der Waals surface area contributed by atoms with E-state index in [1.807, 2.05) is 6.92 Å². The van der Waals surface area contributed by atoms with Gasteiger partial charge in [-0.25, -0.2) is 4.79 Å². The van der Waals surface area contributed by atoms with Crippen LogP contribution in [-0.4, -0.2) is 17.0 Å². The first kappa shape index (κ1) is 13.9. The maximum atomic E-state index is 12.2. The van der Waals surface area contributed by atoms with Crippen molar-refractivity contribution in [3.8, 4) is 0 Å². The van der Waals surface area contributed by atoms with Crippen molar-refractivity contribution >= 4 is 29.2 Å². The van der Waals surface area contributed by atoms with Gasteiger partial charge in [-0.05, 0) is 31.0 Å². The fourth-order valence-electron chi connectivity index (χ4n) is 2.41. The van der Waals surface area contributed by atoms with Crippen molar-refractivity contribution in [1.82, 2.24) is 0 Å². The van der Waals surface area contributed by atoms with Gasteiger partial charge < -0.3 is 10.4 Å². The minimum Gasteiger partial charge on any atom is -0.478 e. The van der Waals surface area contributed by atoms with Gasteiger partial charge in [0, 0.05) is 5.41 Å². The molecule has 1 fully saturated rings. The van der Waals surface area contributed by atoms with Gasteiger partial charge >= 0.3 is 5.97 Å². The van der Waals surface area contributed by atoms with E-state index in [-0.39, 0.29) is 21.9 Å². The summed E-state index contributed by atoms with van der Waals surface area (Å²) in [6.45, 7) is 1.95. The molecule has 0 atom stereocenters. The van der Waals surface area contributed by atoms with Gasteiger partial charge in [0.15, 0.2) is 0 Å². The quantitative estimate of drug-likeness (QED) is 0.890. The van der Waals surface area contributed by atoms with Crippen LogP contribution in [0, 0.1) is 5.41 Å². The van der Waals surface area contributed by atoms with E-state index in [1.54, 1.807) is 0 Å². The number of carbonyl (C=O) groups excluding carboxylic acids is 1. The average Bonchev–Trinajstić information content (AvgIpc) is 2.80. The number of hydrogen-bond donors (Lipinski definition) is 2. The highest BCUT2D eigenvalue weighted by Crippen LogP contribution is 2.39. The Kier molecular flexibility index (Phi) is 3.80. The Labute approximate surface area is 116 Å². The lowest BCUT2D eigenvalue weighted by molar-refractivity contribution is -0.124. The highest BCUT2D eigenvalue weighted by atomic mass is 35.5. The highest BCUT2D eigenvalue weighted by molar-refractivity contribution is 6.34. The molecule has 0 unspecified atom stereocenters. The predicted octanol–water partition coefficient (Wildman–Crippen LogP) is 3.56. The van der Waals surface area contributed by atoms with Gasteiger partial charge in [0.2, 0.25) is 5.91 Å². The van der Waals surface area contributed by atoms with Gasteiger partial charge in [0.1, 0.15) is 0 Å². The van der Waals surface area contributed by atoms with Crippen LogP contribution in [0.4, 0.5) is 5.69 Å². The van der Waals surface area contributed by atoms with Crippen LogP contribution in [0.25, 0.3) is 0 Å². The average molecular weight is 282 g/mol. The van der Waals surface area contributed by atoms with E-state index in [0.717, 1.165) is 25.7 Å². The Morgan fingerprint density at radius 2 is 1.95 bits per heavy atom. The zero-order valence-corrected chi connectivity index (χ0v) is 11.5. The summed E-state index contributed by atoms with van der Waals surface area (Å²) < 4.78 is 0. The van der Waals surface area contributed by atoms with Gasteiger partial charge in [0.25, 0.3) is 0 Å². The Balaban J connectivity index is 2.15. The molecule has 1 aromatic carbocycles. The molecular formula is C14H16ClNO3. The molecule has 5 heteroatoms. The van der Waals surface area contributed by atoms with Crippen molar-refractivity contribution in [2.75, 3.05) is 5.32 Å². The molecule has 0 saturated heterocycles. The zero-order valence-electron chi connectivity index (χ0n) is 10.7. The number of carbonyl (C=O) groups is 2. The smallest absolute Gasteiger partial charge is 0.335 e. The summed E-state index contributed by atoms with van der Waals surface area (Å²) in [7, 11) is 0. The number of rotatable bonds is 3. The fraction of sp³-hybridized carbons (Fsp3) is 0.429. The third-order valence-electron chi connectivity index (χ3n) is 3.72. The van der Waals surface area contributed by atoms with Gasteiger partial charge in [-0.2, -0.15) is 0 Å². The molecule has 0 aromatic heterocycles. The van der Waals surface area contributed by atoms with Crippen molar-refractivity contribution in [2.24, 2.45) is 5.41 Å². The van der Waals surface area contributed by atoms with E-state index in [0.29, 0.717) is 5.69 Å². The summed E-state index contributed by atoms with van der Waals surface area (Å²) in [5.74, 6) is -1.09. The van der Waals surface area contributed by atoms with Crippen molar-refractivity contribution in [2.45, 2.75) is 32.6 Å². The second kappa shape index (κ2) is 5.21. The topological polar surface area (TPSA) is 66.4 Å².